The molecule has 0 atom stereocenters. The Bertz CT molecular complexity index is 748. The Kier molecular flexibility index (Phi) is 6.56. The molecule has 0 bridgehead atoms. The third-order valence-electron chi connectivity index (χ3n) is 4.27. The summed E-state index contributed by atoms with van der Waals surface area (Å²) in [5.74, 6) is -0.444. The summed E-state index contributed by atoms with van der Waals surface area (Å²) in [7, 11) is 0. The summed E-state index contributed by atoms with van der Waals surface area (Å²) in [5, 5.41) is 2.90. The van der Waals surface area contributed by atoms with Gasteiger partial charge in [-0.25, -0.2) is 0 Å². The third-order valence-corrected chi connectivity index (χ3v) is 4.27. The van der Waals surface area contributed by atoms with E-state index in [2.05, 4.69) is 26.1 Å². The summed E-state index contributed by atoms with van der Waals surface area (Å²) in [5.41, 5.74) is 2.79. The van der Waals surface area contributed by atoms with Gasteiger partial charge in [0.1, 0.15) is 6.42 Å². The maximum Gasteiger partial charge on any atom is 0.233 e. The van der Waals surface area contributed by atoms with Gasteiger partial charge in [-0.05, 0) is 29.5 Å². The van der Waals surface area contributed by atoms with Crippen molar-refractivity contribution >= 4 is 17.5 Å². The van der Waals surface area contributed by atoms with Crippen molar-refractivity contribution in [3.05, 3.63) is 65.7 Å². The number of benzene rings is 2. The smallest absolute Gasteiger partial charge is 0.233 e. The molecule has 2 rings (SSSR count). The molecule has 2 aromatic rings. The third kappa shape index (κ3) is 5.45. The van der Waals surface area contributed by atoms with E-state index in [4.69, 9.17) is 0 Å². The fourth-order valence-electron chi connectivity index (χ4n) is 2.87. The van der Waals surface area contributed by atoms with Gasteiger partial charge in [-0.1, -0.05) is 69.3 Å². The molecule has 0 aliphatic carbocycles. The number of carbonyl (C=O) groups excluding carboxylic acids is 2. The van der Waals surface area contributed by atoms with Crippen LogP contribution in [0.2, 0.25) is 0 Å². The Morgan fingerprint density at radius 2 is 1.58 bits per heavy atom. The van der Waals surface area contributed by atoms with Crippen molar-refractivity contribution in [2.75, 3.05) is 11.9 Å². The topological polar surface area (TPSA) is 49.4 Å². The maximum atomic E-state index is 12.5. The molecule has 0 fully saturated rings. The first-order chi connectivity index (χ1) is 12.3. The molecule has 0 aliphatic rings. The highest BCUT2D eigenvalue weighted by Crippen LogP contribution is 2.29. The van der Waals surface area contributed by atoms with Crippen molar-refractivity contribution in [2.24, 2.45) is 0 Å². The molecular formula is C22H28N2O2. The molecule has 0 radical (unpaired) electrons. The van der Waals surface area contributed by atoms with E-state index in [1.807, 2.05) is 61.5 Å². The first-order valence-electron chi connectivity index (χ1n) is 9.02. The molecule has 26 heavy (non-hydrogen) atoms. The number of anilines is 1. The standard InChI is InChI=1S/C22H28N2O2/c1-5-24(16-17-11-7-6-8-12-17)21(26)15-20(25)23-19-14-10-9-13-18(19)22(2,3)4/h6-14H,5,15-16H2,1-4H3,(H,23,25). The van der Waals surface area contributed by atoms with Gasteiger partial charge in [-0.15, -0.1) is 0 Å². The van der Waals surface area contributed by atoms with Gasteiger partial charge in [0, 0.05) is 18.8 Å². The summed E-state index contributed by atoms with van der Waals surface area (Å²) < 4.78 is 0. The van der Waals surface area contributed by atoms with Crippen LogP contribution >= 0.6 is 0 Å². The molecule has 0 unspecified atom stereocenters. The molecule has 0 spiro atoms. The lowest BCUT2D eigenvalue weighted by Crippen LogP contribution is -2.33. The Labute approximate surface area is 156 Å². The summed E-state index contributed by atoms with van der Waals surface area (Å²) in [4.78, 5) is 26.6. The van der Waals surface area contributed by atoms with E-state index in [0.29, 0.717) is 13.1 Å². The van der Waals surface area contributed by atoms with Gasteiger partial charge in [-0.2, -0.15) is 0 Å². The summed E-state index contributed by atoms with van der Waals surface area (Å²) in [6.07, 6.45) is -0.154. The van der Waals surface area contributed by atoms with E-state index >= 15 is 0 Å². The molecule has 0 saturated carbocycles. The predicted molar refractivity (Wildman–Crippen MR) is 106 cm³/mol. The number of nitrogens with one attached hydrogen (secondary N) is 1. The van der Waals surface area contributed by atoms with Crippen LogP contribution in [0.5, 0.6) is 0 Å². The zero-order valence-corrected chi connectivity index (χ0v) is 16.1. The van der Waals surface area contributed by atoms with E-state index in [0.717, 1.165) is 16.8 Å². The lowest BCUT2D eigenvalue weighted by atomic mass is 9.86. The Morgan fingerprint density at radius 3 is 2.19 bits per heavy atom. The fraction of sp³-hybridized carbons (Fsp3) is 0.364. The normalized spacial score (nSPS) is 11.1. The first-order valence-corrected chi connectivity index (χ1v) is 9.02. The Morgan fingerprint density at radius 1 is 0.962 bits per heavy atom. The predicted octanol–water partition coefficient (Wildman–Crippen LogP) is 4.36. The Hall–Kier alpha value is -2.62. The van der Waals surface area contributed by atoms with Crippen LogP contribution in [0.25, 0.3) is 0 Å². The molecule has 0 heterocycles. The number of rotatable bonds is 6. The minimum atomic E-state index is -0.279. The summed E-state index contributed by atoms with van der Waals surface area (Å²) in [6.45, 7) is 9.31. The van der Waals surface area contributed by atoms with Gasteiger partial charge >= 0.3 is 0 Å². The van der Waals surface area contributed by atoms with Crippen LogP contribution < -0.4 is 5.32 Å². The van der Waals surface area contributed by atoms with Crippen LogP contribution in [0.1, 0.15) is 45.2 Å². The average molecular weight is 352 g/mol. The van der Waals surface area contributed by atoms with Gasteiger partial charge in [0.05, 0.1) is 0 Å². The number of amides is 2. The van der Waals surface area contributed by atoms with Crippen molar-refractivity contribution in [1.82, 2.24) is 4.90 Å². The van der Waals surface area contributed by atoms with Crippen molar-refractivity contribution in [2.45, 2.75) is 46.1 Å². The van der Waals surface area contributed by atoms with E-state index in [9.17, 15) is 9.59 Å². The van der Waals surface area contributed by atoms with Crippen LogP contribution in [-0.4, -0.2) is 23.3 Å². The first kappa shape index (κ1) is 19.7. The Balaban J connectivity index is 2.02. The maximum absolute atomic E-state index is 12.5. The largest absolute Gasteiger partial charge is 0.338 e. The van der Waals surface area contributed by atoms with Gasteiger partial charge in [0.25, 0.3) is 0 Å². The second-order valence-corrected chi connectivity index (χ2v) is 7.41. The van der Waals surface area contributed by atoms with Crippen LogP contribution in [-0.2, 0) is 21.5 Å². The highest BCUT2D eigenvalue weighted by Gasteiger charge is 2.20. The highest BCUT2D eigenvalue weighted by molar-refractivity contribution is 6.03. The van der Waals surface area contributed by atoms with Crippen molar-refractivity contribution in [3.63, 3.8) is 0 Å². The van der Waals surface area contributed by atoms with Gasteiger partial charge in [-0.3, -0.25) is 9.59 Å². The molecule has 4 nitrogen and oxygen atoms in total. The SMILES string of the molecule is CCN(Cc1ccccc1)C(=O)CC(=O)Nc1ccccc1C(C)(C)C. The van der Waals surface area contributed by atoms with Crippen LogP contribution in [0.3, 0.4) is 0 Å². The van der Waals surface area contributed by atoms with Crippen molar-refractivity contribution in [1.29, 1.82) is 0 Å². The van der Waals surface area contributed by atoms with E-state index in [1.54, 1.807) is 4.90 Å². The number of hydrogen-bond donors (Lipinski definition) is 1. The minimum absolute atomic E-state index is 0.0867. The lowest BCUT2D eigenvalue weighted by molar-refractivity contribution is -0.134. The zero-order valence-electron chi connectivity index (χ0n) is 16.1. The highest BCUT2D eigenvalue weighted by atomic mass is 16.2. The van der Waals surface area contributed by atoms with Gasteiger partial charge < -0.3 is 10.2 Å². The van der Waals surface area contributed by atoms with Crippen LogP contribution in [0.4, 0.5) is 5.69 Å². The monoisotopic (exact) mass is 352 g/mol. The average Bonchev–Trinajstić information content (AvgIpc) is 2.59. The van der Waals surface area contributed by atoms with Crippen LogP contribution in [0.15, 0.2) is 54.6 Å². The van der Waals surface area contributed by atoms with Crippen molar-refractivity contribution < 1.29 is 9.59 Å². The van der Waals surface area contributed by atoms with E-state index < -0.39 is 0 Å². The molecule has 4 heteroatoms. The molecule has 0 saturated heterocycles. The number of hydrogen-bond acceptors (Lipinski definition) is 2. The van der Waals surface area contributed by atoms with E-state index in [-0.39, 0.29) is 23.7 Å². The van der Waals surface area contributed by atoms with Crippen molar-refractivity contribution in [3.8, 4) is 0 Å². The number of carbonyl (C=O) groups is 2. The quantitative estimate of drug-likeness (QED) is 0.785. The second-order valence-electron chi connectivity index (χ2n) is 7.41. The number of nitrogens with zero attached hydrogens (tertiary/aromatic N) is 1. The van der Waals surface area contributed by atoms with Gasteiger partial charge in [0.15, 0.2) is 0 Å². The zero-order chi connectivity index (χ0) is 19.2. The van der Waals surface area contributed by atoms with Crippen LogP contribution in [0, 0.1) is 0 Å². The molecule has 0 aromatic heterocycles. The second kappa shape index (κ2) is 8.65. The summed E-state index contributed by atoms with van der Waals surface area (Å²) in [6, 6.07) is 17.5. The molecular weight excluding hydrogens is 324 g/mol. The molecule has 2 aromatic carbocycles. The molecule has 2 amide bonds. The van der Waals surface area contributed by atoms with E-state index in [1.165, 1.54) is 0 Å². The lowest BCUT2D eigenvalue weighted by Gasteiger charge is -2.24. The molecule has 1 N–H and O–H groups in total. The summed E-state index contributed by atoms with van der Waals surface area (Å²) >= 11 is 0. The number of para-hydroxylation sites is 1. The van der Waals surface area contributed by atoms with Gasteiger partial charge in [0.2, 0.25) is 11.8 Å². The fourth-order valence-corrected chi connectivity index (χ4v) is 2.87. The molecule has 138 valence electrons. The molecule has 0 aliphatic heterocycles. The minimum Gasteiger partial charge on any atom is -0.338 e.